The Hall–Kier alpha value is -2.53. The van der Waals surface area contributed by atoms with E-state index in [1.54, 1.807) is 18.2 Å². The first-order valence-electron chi connectivity index (χ1n) is 8.11. The zero-order valence-corrected chi connectivity index (χ0v) is 16.3. The number of aromatic hydroxyl groups is 1. The van der Waals surface area contributed by atoms with Crippen molar-refractivity contribution in [2.24, 2.45) is 0 Å². The number of fused-ring (bicyclic) bond motifs is 1. The molecule has 0 spiro atoms. The second-order valence-electron chi connectivity index (χ2n) is 6.51. The highest BCUT2D eigenvalue weighted by atomic mass is 79.9. The van der Waals surface area contributed by atoms with Crippen molar-refractivity contribution in [2.45, 2.75) is 19.4 Å². The van der Waals surface area contributed by atoms with Gasteiger partial charge in [0.25, 0.3) is 0 Å². The van der Waals surface area contributed by atoms with E-state index in [4.69, 9.17) is 9.47 Å². The smallest absolute Gasteiger partial charge is 0.193 e. The van der Waals surface area contributed by atoms with Crippen LogP contribution in [0.3, 0.4) is 0 Å². The molecule has 1 aliphatic heterocycles. The number of hydrogen-bond acceptors (Lipinski definition) is 4. The first-order chi connectivity index (χ1) is 12.3. The first kappa shape index (κ1) is 18.3. The van der Waals surface area contributed by atoms with Crippen LogP contribution in [0, 0.1) is 0 Å². The van der Waals surface area contributed by atoms with Crippen molar-refractivity contribution >= 4 is 33.9 Å². The number of allylic oxidation sites excluding steroid dienone is 1. The first-order valence-corrected chi connectivity index (χ1v) is 8.90. The third-order valence-corrected chi connectivity index (χ3v) is 4.53. The van der Waals surface area contributed by atoms with E-state index in [2.05, 4.69) is 15.9 Å². The standard InChI is InChI=1S/C21H19BrO4/c1-21(2)10-9-15-17(26-21)12-18(25-3)19(20(15)24)16(23)8-7-13-5-4-6-14(22)11-13/h4-12,24H,1-3H3/b8-7+. The molecule has 0 unspecified atom stereocenters. The molecule has 0 fully saturated rings. The van der Waals surface area contributed by atoms with Crippen LogP contribution in [0.4, 0.5) is 0 Å². The van der Waals surface area contributed by atoms with Crippen LogP contribution in [0.2, 0.25) is 0 Å². The summed E-state index contributed by atoms with van der Waals surface area (Å²) in [6, 6.07) is 9.21. The fraction of sp³-hybridized carbons (Fsp3) is 0.190. The van der Waals surface area contributed by atoms with Crippen LogP contribution in [0.15, 0.2) is 47.0 Å². The predicted octanol–water partition coefficient (Wildman–Crippen LogP) is 5.24. The van der Waals surface area contributed by atoms with Gasteiger partial charge in [0.2, 0.25) is 0 Å². The number of phenolic OH excluding ortho intramolecular Hbond substituents is 1. The van der Waals surface area contributed by atoms with E-state index in [0.29, 0.717) is 11.3 Å². The van der Waals surface area contributed by atoms with Gasteiger partial charge in [-0.05, 0) is 49.8 Å². The molecule has 0 bridgehead atoms. The summed E-state index contributed by atoms with van der Waals surface area (Å²) in [5.41, 5.74) is 0.972. The lowest BCUT2D eigenvalue weighted by Crippen LogP contribution is -2.27. The molecule has 3 rings (SSSR count). The lowest BCUT2D eigenvalue weighted by Gasteiger charge is -2.29. The molecule has 4 nitrogen and oxygen atoms in total. The van der Waals surface area contributed by atoms with Gasteiger partial charge in [-0.2, -0.15) is 0 Å². The number of rotatable bonds is 4. The highest BCUT2D eigenvalue weighted by molar-refractivity contribution is 9.10. The summed E-state index contributed by atoms with van der Waals surface area (Å²) >= 11 is 3.40. The average Bonchev–Trinajstić information content (AvgIpc) is 2.58. The Kier molecular flexibility index (Phi) is 4.92. The fourth-order valence-corrected chi connectivity index (χ4v) is 3.17. The summed E-state index contributed by atoms with van der Waals surface area (Å²) in [7, 11) is 1.46. The SMILES string of the molecule is COc1cc2c(c(O)c1C(=O)/C=C/c1cccc(Br)c1)C=CC(C)(C)O2. The summed E-state index contributed by atoms with van der Waals surface area (Å²) in [4.78, 5) is 12.7. The predicted molar refractivity (Wildman–Crippen MR) is 106 cm³/mol. The Bertz CT molecular complexity index is 926. The van der Waals surface area contributed by atoms with Crippen molar-refractivity contribution < 1.29 is 19.4 Å². The van der Waals surface area contributed by atoms with Gasteiger partial charge < -0.3 is 14.6 Å². The molecular formula is C21H19BrO4. The van der Waals surface area contributed by atoms with Gasteiger partial charge in [-0.3, -0.25) is 4.79 Å². The van der Waals surface area contributed by atoms with Crippen molar-refractivity contribution in [2.75, 3.05) is 7.11 Å². The largest absolute Gasteiger partial charge is 0.506 e. The van der Waals surface area contributed by atoms with Crippen LogP contribution in [-0.2, 0) is 0 Å². The van der Waals surface area contributed by atoms with Gasteiger partial charge in [-0.15, -0.1) is 0 Å². The molecule has 2 aromatic rings. The van der Waals surface area contributed by atoms with E-state index in [1.807, 2.05) is 44.2 Å². The lowest BCUT2D eigenvalue weighted by atomic mass is 9.97. The Morgan fingerprint density at radius 1 is 1.31 bits per heavy atom. The van der Waals surface area contributed by atoms with Crippen LogP contribution >= 0.6 is 15.9 Å². The number of hydrogen-bond donors (Lipinski definition) is 1. The molecule has 1 heterocycles. The molecule has 0 aromatic heterocycles. The molecule has 1 aliphatic rings. The summed E-state index contributed by atoms with van der Waals surface area (Å²) in [6.07, 6.45) is 6.72. The molecule has 0 atom stereocenters. The van der Waals surface area contributed by atoms with Crippen LogP contribution in [-0.4, -0.2) is 23.6 Å². The molecular weight excluding hydrogens is 396 g/mol. The molecule has 0 saturated heterocycles. The molecule has 2 aromatic carbocycles. The van der Waals surface area contributed by atoms with E-state index in [9.17, 15) is 9.90 Å². The minimum atomic E-state index is -0.490. The van der Waals surface area contributed by atoms with E-state index in [1.165, 1.54) is 13.2 Å². The summed E-state index contributed by atoms with van der Waals surface area (Å²) < 4.78 is 12.1. The van der Waals surface area contributed by atoms with Gasteiger partial charge in [0, 0.05) is 10.5 Å². The van der Waals surface area contributed by atoms with E-state index < -0.39 is 5.60 Å². The van der Waals surface area contributed by atoms with Crippen molar-refractivity contribution in [3.63, 3.8) is 0 Å². The zero-order chi connectivity index (χ0) is 18.9. The second kappa shape index (κ2) is 7.00. The highest BCUT2D eigenvalue weighted by Gasteiger charge is 2.28. The molecule has 0 amide bonds. The quantitative estimate of drug-likeness (QED) is 0.548. The van der Waals surface area contributed by atoms with Crippen molar-refractivity contribution in [3.8, 4) is 17.2 Å². The maximum absolute atomic E-state index is 12.7. The van der Waals surface area contributed by atoms with E-state index in [-0.39, 0.29) is 22.8 Å². The fourth-order valence-electron chi connectivity index (χ4n) is 2.75. The van der Waals surface area contributed by atoms with Gasteiger partial charge in [0.05, 0.1) is 12.7 Å². The Morgan fingerprint density at radius 3 is 2.77 bits per heavy atom. The maximum atomic E-state index is 12.7. The number of ketones is 1. The van der Waals surface area contributed by atoms with Crippen LogP contribution in [0.1, 0.15) is 35.3 Å². The zero-order valence-electron chi connectivity index (χ0n) is 14.7. The van der Waals surface area contributed by atoms with Gasteiger partial charge in [0.1, 0.15) is 28.4 Å². The minimum absolute atomic E-state index is 0.116. The number of ether oxygens (including phenoxy) is 2. The van der Waals surface area contributed by atoms with Gasteiger partial charge >= 0.3 is 0 Å². The number of carbonyl (C=O) groups is 1. The van der Waals surface area contributed by atoms with Crippen LogP contribution < -0.4 is 9.47 Å². The normalized spacial score (nSPS) is 14.8. The maximum Gasteiger partial charge on any atom is 0.193 e. The van der Waals surface area contributed by atoms with E-state index in [0.717, 1.165) is 10.0 Å². The summed E-state index contributed by atoms with van der Waals surface area (Å²) in [5, 5.41) is 10.7. The number of halogens is 1. The molecule has 0 saturated carbocycles. The van der Waals surface area contributed by atoms with Gasteiger partial charge in [-0.25, -0.2) is 0 Å². The number of phenols is 1. The van der Waals surface area contributed by atoms with Crippen molar-refractivity contribution in [1.29, 1.82) is 0 Å². The van der Waals surface area contributed by atoms with Crippen LogP contribution in [0.5, 0.6) is 17.2 Å². The van der Waals surface area contributed by atoms with Crippen molar-refractivity contribution in [1.82, 2.24) is 0 Å². The topological polar surface area (TPSA) is 55.8 Å². The average molecular weight is 415 g/mol. The molecule has 0 aliphatic carbocycles. The molecule has 134 valence electrons. The number of benzene rings is 2. The summed E-state index contributed by atoms with van der Waals surface area (Å²) in [6.45, 7) is 3.82. The number of methoxy groups -OCH3 is 1. The molecule has 0 radical (unpaired) electrons. The third kappa shape index (κ3) is 3.68. The van der Waals surface area contributed by atoms with Crippen molar-refractivity contribution in [3.05, 3.63) is 63.6 Å². The molecule has 5 heteroatoms. The van der Waals surface area contributed by atoms with Crippen LogP contribution in [0.25, 0.3) is 12.2 Å². The van der Waals surface area contributed by atoms with E-state index >= 15 is 0 Å². The lowest BCUT2D eigenvalue weighted by molar-refractivity contribution is 0.104. The van der Waals surface area contributed by atoms with Gasteiger partial charge in [-0.1, -0.05) is 34.1 Å². The summed E-state index contributed by atoms with van der Waals surface area (Å²) in [5.74, 6) is 0.269. The Balaban J connectivity index is 2.00. The third-order valence-electron chi connectivity index (χ3n) is 4.03. The Morgan fingerprint density at radius 2 is 2.08 bits per heavy atom. The van der Waals surface area contributed by atoms with Gasteiger partial charge in [0.15, 0.2) is 5.78 Å². The highest BCUT2D eigenvalue weighted by Crippen LogP contribution is 2.43. The minimum Gasteiger partial charge on any atom is -0.506 e. The molecule has 1 N–H and O–H groups in total. The monoisotopic (exact) mass is 414 g/mol. The molecule has 26 heavy (non-hydrogen) atoms. The number of carbonyl (C=O) groups excluding carboxylic acids is 1. The Labute approximate surface area is 160 Å². The second-order valence-corrected chi connectivity index (χ2v) is 7.42.